The van der Waals surface area contributed by atoms with E-state index in [1.165, 1.54) is 0 Å². The first-order chi connectivity index (χ1) is 10.2. The normalized spacial score (nSPS) is 11.5. The van der Waals surface area contributed by atoms with Crippen molar-refractivity contribution < 1.29 is 9.47 Å². The fourth-order valence-corrected chi connectivity index (χ4v) is 2.08. The molecule has 0 aliphatic rings. The maximum absolute atomic E-state index is 9.09. The average Bonchev–Trinajstić information content (AvgIpc) is 2.52. The number of ether oxygens (including phenoxy) is 2. The van der Waals surface area contributed by atoms with Gasteiger partial charge in [0, 0.05) is 11.6 Å². The van der Waals surface area contributed by atoms with Crippen molar-refractivity contribution in [1.29, 1.82) is 5.26 Å². The molecule has 4 heteroatoms. The van der Waals surface area contributed by atoms with Crippen molar-refractivity contribution >= 4 is 0 Å². The van der Waals surface area contributed by atoms with Crippen LogP contribution in [0.5, 0.6) is 11.5 Å². The molecule has 0 radical (unpaired) electrons. The second-order valence-corrected chi connectivity index (χ2v) is 4.76. The average molecular weight is 282 g/mol. The summed E-state index contributed by atoms with van der Waals surface area (Å²) in [6, 6.07) is 15.1. The molecule has 0 fully saturated rings. The first-order valence-corrected chi connectivity index (χ1v) is 6.70. The molecule has 2 aromatic rings. The van der Waals surface area contributed by atoms with E-state index in [1.807, 2.05) is 37.3 Å². The molecular weight excluding hydrogens is 264 g/mol. The van der Waals surface area contributed by atoms with Crippen molar-refractivity contribution in [3.05, 3.63) is 59.2 Å². The maximum Gasteiger partial charge on any atom is 0.136 e. The van der Waals surface area contributed by atoms with Gasteiger partial charge in [0.1, 0.15) is 24.2 Å². The van der Waals surface area contributed by atoms with Gasteiger partial charge in [-0.15, -0.1) is 0 Å². The molecule has 1 atom stereocenters. The highest BCUT2D eigenvalue weighted by molar-refractivity contribution is 5.45. The number of hydrogen-bond acceptors (Lipinski definition) is 4. The summed E-state index contributed by atoms with van der Waals surface area (Å²) < 4.78 is 11.0. The van der Waals surface area contributed by atoms with Gasteiger partial charge in [-0.3, -0.25) is 0 Å². The smallest absolute Gasteiger partial charge is 0.136 e. The topological polar surface area (TPSA) is 68.3 Å². The van der Waals surface area contributed by atoms with Gasteiger partial charge in [0.05, 0.1) is 12.7 Å². The zero-order chi connectivity index (χ0) is 15.2. The van der Waals surface area contributed by atoms with Gasteiger partial charge < -0.3 is 15.2 Å². The zero-order valence-electron chi connectivity index (χ0n) is 12.2. The Kier molecular flexibility index (Phi) is 4.81. The van der Waals surface area contributed by atoms with E-state index >= 15 is 0 Å². The van der Waals surface area contributed by atoms with E-state index in [-0.39, 0.29) is 6.04 Å². The lowest BCUT2D eigenvalue weighted by atomic mass is 10.1. The third-order valence-corrected chi connectivity index (χ3v) is 3.19. The van der Waals surface area contributed by atoms with Crippen LogP contribution < -0.4 is 15.2 Å². The van der Waals surface area contributed by atoms with E-state index in [0.717, 1.165) is 16.9 Å². The Hall–Kier alpha value is -2.51. The fourth-order valence-electron chi connectivity index (χ4n) is 2.08. The van der Waals surface area contributed by atoms with Crippen molar-refractivity contribution in [1.82, 2.24) is 0 Å². The van der Waals surface area contributed by atoms with Crippen molar-refractivity contribution in [2.24, 2.45) is 5.73 Å². The highest BCUT2D eigenvalue weighted by atomic mass is 16.5. The van der Waals surface area contributed by atoms with Crippen LogP contribution in [0.3, 0.4) is 0 Å². The summed E-state index contributed by atoms with van der Waals surface area (Å²) in [6.07, 6.45) is 0. The molecule has 0 saturated carbocycles. The molecule has 0 saturated heterocycles. The van der Waals surface area contributed by atoms with E-state index in [2.05, 4.69) is 6.07 Å². The Bertz CT molecular complexity index is 660. The van der Waals surface area contributed by atoms with Crippen LogP contribution in [0.4, 0.5) is 0 Å². The van der Waals surface area contributed by atoms with Gasteiger partial charge in [-0.1, -0.05) is 24.3 Å². The van der Waals surface area contributed by atoms with Gasteiger partial charge in [0.25, 0.3) is 0 Å². The van der Waals surface area contributed by atoms with Crippen LogP contribution in [0.25, 0.3) is 0 Å². The Morgan fingerprint density at radius 1 is 1.19 bits per heavy atom. The summed E-state index contributed by atoms with van der Waals surface area (Å²) in [5.41, 5.74) is 8.30. The summed E-state index contributed by atoms with van der Waals surface area (Å²) in [5.74, 6) is 1.33. The molecule has 2 N–H and O–H groups in total. The monoisotopic (exact) mass is 282 g/mol. The molecule has 0 aromatic heterocycles. The van der Waals surface area contributed by atoms with E-state index in [1.54, 1.807) is 19.2 Å². The molecule has 0 aliphatic heterocycles. The first-order valence-electron chi connectivity index (χ1n) is 6.70. The summed E-state index contributed by atoms with van der Waals surface area (Å²) in [6.45, 7) is 2.30. The minimum Gasteiger partial charge on any atom is -0.495 e. The summed E-state index contributed by atoms with van der Waals surface area (Å²) in [5, 5.41) is 9.09. The lowest BCUT2D eigenvalue weighted by molar-refractivity contribution is 0.301. The Balaban J connectivity index is 2.16. The number of benzene rings is 2. The highest BCUT2D eigenvalue weighted by Gasteiger charge is 2.08. The second kappa shape index (κ2) is 6.78. The van der Waals surface area contributed by atoms with Crippen LogP contribution in [-0.2, 0) is 6.61 Å². The lowest BCUT2D eigenvalue weighted by Gasteiger charge is -2.14. The predicted molar refractivity (Wildman–Crippen MR) is 81.1 cm³/mol. The molecule has 4 nitrogen and oxygen atoms in total. The molecule has 0 spiro atoms. The number of hydrogen-bond donors (Lipinski definition) is 1. The molecule has 21 heavy (non-hydrogen) atoms. The van der Waals surface area contributed by atoms with Gasteiger partial charge >= 0.3 is 0 Å². The van der Waals surface area contributed by atoms with Crippen LogP contribution in [-0.4, -0.2) is 7.11 Å². The summed E-state index contributed by atoms with van der Waals surface area (Å²) in [7, 11) is 1.55. The number of para-hydroxylation sites is 1. The third-order valence-electron chi connectivity index (χ3n) is 3.19. The van der Waals surface area contributed by atoms with Gasteiger partial charge in [0.15, 0.2) is 0 Å². The molecule has 108 valence electrons. The summed E-state index contributed by atoms with van der Waals surface area (Å²) >= 11 is 0. The minimum atomic E-state index is -0.0910. The van der Waals surface area contributed by atoms with E-state index in [4.69, 9.17) is 20.5 Å². The number of nitrogens with two attached hydrogens (primary N) is 1. The molecule has 0 bridgehead atoms. The Morgan fingerprint density at radius 2 is 1.95 bits per heavy atom. The number of methoxy groups -OCH3 is 1. The number of rotatable bonds is 5. The molecule has 2 rings (SSSR count). The number of nitriles is 1. The Labute approximate surface area is 124 Å². The van der Waals surface area contributed by atoms with Crippen molar-refractivity contribution in [2.45, 2.75) is 19.6 Å². The van der Waals surface area contributed by atoms with Crippen molar-refractivity contribution in [3.8, 4) is 17.6 Å². The van der Waals surface area contributed by atoms with Gasteiger partial charge in [-0.25, -0.2) is 0 Å². The maximum atomic E-state index is 9.09. The van der Waals surface area contributed by atoms with Crippen molar-refractivity contribution in [3.63, 3.8) is 0 Å². The highest BCUT2D eigenvalue weighted by Crippen LogP contribution is 2.25. The minimum absolute atomic E-state index is 0.0910. The molecular formula is C17H18N2O2. The Morgan fingerprint density at radius 3 is 2.62 bits per heavy atom. The molecule has 0 heterocycles. The fraction of sp³-hybridized carbons (Fsp3) is 0.235. The van der Waals surface area contributed by atoms with Crippen LogP contribution in [0.1, 0.15) is 29.7 Å². The lowest BCUT2D eigenvalue weighted by Crippen LogP contribution is -2.08. The van der Waals surface area contributed by atoms with E-state index in [0.29, 0.717) is 17.9 Å². The van der Waals surface area contributed by atoms with E-state index in [9.17, 15) is 0 Å². The molecule has 0 amide bonds. The van der Waals surface area contributed by atoms with Crippen LogP contribution in [0.15, 0.2) is 42.5 Å². The standard InChI is InChI=1S/C17H18N2O2/c1-12(19)15-5-3-4-6-17(15)21-11-13-7-8-16(20-2)14(9-13)10-18/h3-9,12H,11,19H2,1-2H3. The quantitative estimate of drug-likeness (QED) is 0.914. The SMILES string of the molecule is COc1ccc(COc2ccccc2C(C)N)cc1C#N. The summed E-state index contributed by atoms with van der Waals surface area (Å²) in [4.78, 5) is 0. The molecule has 2 aromatic carbocycles. The van der Waals surface area contributed by atoms with E-state index < -0.39 is 0 Å². The second-order valence-electron chi connectivity index (χ2n) is 4.76. The molecule has 0 aliphatic carbocycles. The molecule has 1 unspecified atom stereocenters. The first kappa shape index (κ1) is 14.9. The van der Waals surface area contributed by atoms with Gasteiger partial charge in [-0.2, -0.15) is 5.26 Å². The largest absolute Gasteiger partial charge is 0.495 e. The van der Waals surface area contributed by atoms with Gasteiger partial charge in [-0.05, 0) is 30.7 Å². The van der Waals surface area contributed by atoms with Gasteiger partial charge in [0.2, 0.25) is 0 Å². The van der Waals surface area contributed by atoms with Crippen LogP contribution in [0.2, 0.25) is 0 Å². The zero-order valence-corrected chi connectivity index (χ0v) is 12.2. The predicted octanol–water partition coefficient (Wildman–Crippen LogP) is 3.17. The number of nitrogens with zero attached hydrogens (tertiary/aromatic N) is 1. The van der Waals surface area contributed by atoms with Crippen LogP contribution >= 0.6 is 0 Å². The van der Waals surface area contributed by atoms with Crippen molar-refractivity contribution in [2.75, 3.05) is 7.11 Å². The van der Waals surface area contributed by atoms with Crippen LogP contribution in [0, 0.1) is 11.3 Å². The third kappa shape index (κ3) is 3.53.